The van der Waals surface area contributed by atoms with Gasteiger partial charge in [-0.05, 0) is 37.3 Å². The molecule has 2 aromatic carbocycles. The summed E-state index contributed by atoms with van der Waals surface area (Å²) in [6.45, 7) is 2.33. The molecule has 0 radical (unpaired) electrons. The van der Waals surface area contributed by atoms with Crippen molar-refractivity contribution in [2.24, 2.45) is 0 Å². The molecule has 2 N–H and O–H groups in total. The van der Waals surface area contributed by atoms with Gasteiger partial charge in [-0.15, -0.1) is 0 Å². The third kappa shape index (κ3) is 4.41. The molecule has 0 aromatic heterocycles. The number of rotatable bonds is 7. The standard InChI is InChI=1S/C15H14N4O6/c1-2-25-12-6-3-10(4-7-12)15(20)17-16-13-8-5-11(18(21)22)9-14(13)19(23)24/h3-9,16H,2H2,1H3,(H,17,20). The zero-order chi connectivity index (χ0) is 18.4. The third-order valence-corrected chi connectivity index (χ3v) is 3.13. The first kappa shape index (κ1) is 17.7. The first-order valence-electron chi connectivity index (χ1n) is 7.14. The van der Waals surface area contributed by atoms with E-state index >= 15 is 0 Å². The van der Waals surface area contributed by atoms with Crippen LogP contribution in [0.15, 0.2) is 42.5 Å². The van der Waals surface area contributed by atoms with Gasteiger partial charge < -0.3 is 4.74 Å². The fourth-order valence-electron chi connectivity index (χ4n) is 1.96. The van der Waals surface area contributed by atoms with Crippen molar-refractivity contribution in [2.45, 2.75) is 6.92 Å². The Kier molecular flexibility index (Phi) is 5.46. The molecule has 0 saturated heterocycles. The molecule has 0 bridgehead atoms. The lowest BCUT2D eigenvalue weighted by Gasteiger charge is -2.09. The highest BCUT2D eigenvalue weighted by Gasteiger charge is 2.19. The Labute approximate surface area is 141 Å². The van der Waals surface area contributed by atoms with E-state index in [4.69, 9.17) is 4.74 Å². The smallest absolute Gasteiger partial charge is 0.300 e. The van der Waals surface area contributed by atoms with Crippen molar-refractivity contribution < 1.29 is 19.4 Å². The van der Waals surface area contributed by atoms with E-state index in [-0.39, 0.29) is 5.69 Å². The lowest BCUT2D eigenvalue weighted by atomic mass is 10.2. The maximum Gasteiger partial charge on any atom is 0.300 e. The highest BCUT2D eigenvalue weighted by Crippen LogP contribution is 2.28. The number of non-ortho nitro benzene ring substituents is 1. The number of nitrogens with zero attached hydrogens (tertiary/aromatic N) is 2. The van der Waals surface area contributed by atoms with Gasteiger partial charge in [0.15, 0.2) is 0 Å². The summed E-state index contributed by atoms with van der Waals surface area (Å²) in [5.74, 6) is 0.0775. The quantitative estimate of drug-likeness (QED) is 0.580. The summed E-state index contributed by atoms with van der Waals surface area (Å²) in [4.78, 5) is 32.3. The molecule has 2 aromatic rings. The van der Waals surface area contributed by atoms with E-state index in [0.717, 1.165) is 18.2 Å². The Hall–Kier alpha value is -3.69. The topological polar surface area (TPSA) is 137 Å². The van der Waals surface area contributed by atoms with E-state index in [1.54, 1.807) is 12.1 Å². The second kappa shape index (κ2) is 7.73. The van der Waals surface area contributed by atoms with E-state index in [0.29, 0.717) is 17.9 Å². The van der Waals surface area contributed by atoms with Crippen molar-refractivity contribution >= 4 is 23.0 Å². The molecule has 25 heavy (non-hydrogen) atoms. The number of nitrogens with one attached hydrogen (secondary N) is 2. The van der Waals surface area contributed by atoms with Gasteiger partial charge in [-0.3, -0.25) is 35.9 Å². The summed E-state index contributed by atoms with van der Waals surface area (Å²) in [5.41, 5.74) is 3.99. The Morgan fingerprint density at radius 2 is 1.76 bits per heavy atom. The number of amides is 1. The van der Waals surface area contributed by atoms with Crippen LogP contribution in [0, 0.1) is 20.2 Å². The van der Waals surface area contributed by atoms with Crippen molar-refractivity contribution in [3.63, 3.8) is 0 Å². The van der Waals surface area contributed by atoms with Gasteiger partial charge >= 0.3 is 5.69 Å². The van der Waals surface area contributed by atoms with Gasteiger partial charge in [0.25, 0.3) is 11.6 Å². The number of carbonyl (C=O) groups is 1. The summed E-state index contributed by atoms with van der Waals surface area (Å²) < 4.78 is 5.27. The Morgan fingerprint density at radius 1 is 1.08 bits per heavy atom. The second-order valence-electron chi connectivity index (χ2n) is 4.75. The van der Waals surface area contributed by atoms with Crippen molar-refractivity contribution in [3.8, 4) is 5.75 Å². The van der Waals surface area contributed by atoms with Crippen LogP contribution in [0.3, 0.4) is 0 Å². The maximum atomic E-state index is 12.1. The number of nitro groups is 2. The first-order chi connectivity index (χ1) is 11.9. The molecule has 10 heteroatoms. The zero-order valence-electron chi connectivity index (χ0n) is 13.1. The Balaban J connectivity index is 2.10. The molecule has 0 aliphatic carbocycles. The molecule has 0 heterocycles. The van der Waals surface area contributed by atoms with Crippen molar-refractivity contribution in [1.82, 2.24) is 5.43 Å². The van der Waals surface area contributed by atoms with Crippen LogP contribution in [0.4, 0.5) is 17.1 Å². The number of nitro benzene ring substituents is 2. The van der Waals surface area contributed by atoms with Crippen LogP contribution in [0.25, 0.3) is 0 Å². The van der Waals surface area contributed by atoms with Crippen LogP contribution in [0.1, 0.15) is 17.3 Å². The van der Waals surface area contributed by atoms with Gasteiger partial charge in [-0.1, -0.05) is 0 Å². The Bertz CT molecular complexity index is 806. The van der Waals surface area contributed by atoms with Crippen molar-refractivity contribution in [1.29, 1.82) is 0 Å². The molecule has 0 fully saturated rings. The average Bonchev–Trinajstić information content (AvgIpc) is 2.60. The molecule has 2 rings (SSSR count). The first-order valence-corrected chi connectivity index (χ1v) is 7.14. The van der Waals surface area contributed by atoms with E-state index in [9.17, 15) is 25.0 Å². The molecule has 0 unspecified atom stereocenters. The number of anilines is 1. The molecule has 0 aliphatic rings. The van der Waals surface area contributed by atoms with Gasteiger partial charge in [-0.2, -0.15) is 0 Å². The summed E-state index contributed by atoms with van der Waals surface area (Å²) in [5, 5.41) is 21.7. The number of carbonyl (C=O) groups excluding carboxylic acids is 1. The van der Waals surface area contributed by atoms with Crippen LogP contribution in [-0.4, -0.2) is 22.4 Å². The van der Waals surface area contributed by atoms with Gasteiger partial charge in [-0.25, -0.2) is 0 Å². The predicted octanol–water partition coefficient (Wildman–Crippen LogP) is 2.66. The average molecular weight is 346 g/mol. The lowest BCUT2D eigenvalue weighted by molar-refractivity contribution is -0.393. The predicted molar refractivity (Wildman–Crippen MR) is 88.5 cm³/mol. The number of hydrazine groups is 1. The van der Waals surface area contributed by atoms with Crippen molar-refractivity contribution in [3.05, 3.63) is 68.3 Å². The SMILES string of the molecule is CCOc1ccc(C(=O)NNc2ccc([N+](=O)[O-])cc2[N+](=O)[O-])cc1. The second-order valence-corrected chi connectivity index (χ2v) is 4.75. The van der Waals surface area contributed by atoms with Gasteiger partial charge in [0, 0.05) is 11.6 Å². The minimum Gasteiger partial charge on any atom is -0.494 e. The summed E-state index contributed by atoms with van der Waals surface area (Å²) in [6, 6.07) is 9.36. The highest BCUT2D eigenvalue weighted by molar-refractivity contribution is 5.95. The summed E-state index contributed by atoms with van der Waals surface area (Å²) in [7, 11) is 0. The molecule has 1 amide bonds. The van der Waals surface area contributed by atoms with E-state index < -0.39 is 27.1 Å². The van der Waals surface area contributed by atoms with Gasteiger partial charge in [0.2, 0.25) is 0 Å². The molecule has 0 aliphatic heterocycles. The fraction of sp³-hybridized carbons (Fsp3) is 0.133. The minimum absolute atomic E-state index is 0.0742. The molecule has 0 saturated carbocycles. The van der Waals surface area contributed by atoms with Crippen LogP contribution in [0.2, 0.25) is 0 Å². The number of benzene rings is 2. The van der Waals surface area contributed by atoms with E-state index in [1.165, 1.54) is 12.1 Å². The van der Waals surface area contributed by atoms with Crippen LogP contribution >= 0.6 is 0 Å². The van der Waals surface area contributed by atoms with Crippen LogP contribution < -0.4 is 15.6 Å². The molecule has 0 spiro atoms. The largest absolute Gasteiger partial charge is 0.494 e. The van der Waals surface area contributed by atoms with E-state index in [2.05, 4.69) is 10.9 Å². The number of hydrogen-bond acceptors (Lipinski definition) is 7. The molecular formula is C15H14N4O6. The highest BCUT2D eigenvalue weighted by atomic mass is 16.6. The summed E-state index contributed by atoms with van der Waals surface area (Å²) in [6.07, 6.45) is 0. The molecule has 130 valence electrons. The third-order valence-electron chi connectivity index (χ3n) is 3.13. The number of ether oxygens (including phenoxy) is 1. The van der Waals surface area contributed by atoms with Gasteiger partial charge in [0.1, 0.15) is 11.4 Å². The van der Waals surface area contributed by atoms with E-state index in [1.807, 2.05) is 6.92 Å². The molecule has 0 atom stereocenters. The molecular weight excluding hydrogens is 332 g/mol. The summed E-state index contributed by atoms with van der Waals surface area (Å²) >= 11 is 0. The minimum atomic E-state index is -0.779. The Morgan fingerprint density at radius 3 is 2.32 bits per heavy atom. The van der Waals surface area contributed by atoms with Crippen molar-refractivity contribution in [2.75, 3.05) is 12.0 Å². The lowest BCUT2D eigenvalue weighted by Crippen LogP contribution is -2.29. The fourth-order valence-corrected chi connectivity index (χ4v) is 1.96. The van der Waals surface area contributed by atoms with Gasteiger partial charge in [0.05, 0.1) is 22.5 Å². The monoisotopic (exact) mass is 346 g/mol. The number of hydrogen-bond donors (Lipinski definition) is 2. The normalized spacial score (nSPS) is 9.96. The van der Waals surface area contributed by atoms with Crippen LogP contribution in [0.5, 0.6) is 5.75 Å². The maximum absolute atomic E-state index is 12.1. The van der Waals surface area contributed by atoms with Crippen LogP contribution in [-0.2, 0) is 0 Å². The molecule has 10 nitrogen and oxygen atoms in total. The zero-order valence-corrected chi connectivity index (χ0v) is 13.1.